The Hall–Kier alpha value is -7.05. The molecule has 256 valence electrons. The van der Waals surface area contributed by atoms with E-state index in [-0.39, 0.29) is 5.41 Å². The second kappa shape index (κ2) is 11.5. The molecule has 54 heavy (non-hydrogen) atoms. The first-order valence-corrected chi connectivity index (χ1v) is 18.1. The Balaban J connectivity index is 1.03. The molecule has 0 amide bonds. The van der Waals surface area contributed by atoms with Crippen molar-refractivity contribution in [2.75, 3.05) is 0 Å². The number of nitrogens with zero attached hydrogens (tertiary/aromatic N) is 3. The van der Waals surface area contributed by atoms with Crippen molar-refractivity contribution in [3.8, 4) is 79.4 Å². The molecule has 1 aliphatic carbocycles. The van der Waals surface area contributed by atoms with Crippen molar-refractivity contribution in [3.63, 3.8) is 0 Å². The van der Waals surface area contributed by atoms with Crippen LogP contribution in [0.3, 0.4) is 0 Å². The van der Waals surface area contributed by atoms with Gasteiger partial charge in [-0.1, -0.05) is 129 Å². The lowest BCUT2D eigenvalue weighted by Crippen LogP contribution is -2.15. The van der Waals surface area contributed by atoms with Gasteiger partial charge in [0.25, 0.3) is 0 Å². The predicted octanol–water partition coefficient (Wildman–Crippen LogP) is 12.6. The summed E-state index contributed by atoms with van der Waals surface area (Å²) >= 11 is 0. The molecular formula is C48H31N3O3. The van der Waals surface area contributed by atoms with Gasteiger partial charge in [-0.15, -0.1) is 0 Å². The van der Waals surface area contributed by atoms with Crippen molar-refractivity contribution >= 4 is 21.9 Å². The van der Waals surface area contributed by atoms with Gasteiger partial charge in [-0.2, -0.15) is 0 Å². The fourth-order valence-electron chi connectivity index (χ4n) is 8.13. The predicted molar refractivity (Wildman–Crippen MR) is 213 cm³/mol. The fourth-order valence-corrected chi connectivity index (χ4v) is 8.13. The molecule has 0 radical (unpaired) electrons. The standard InChI is InChI=1S/C48H31N3O3/c1-48(2)36-18-10-8-17-35(36)43-37(48)23-25-40-44(43)54-42-26-29(21-24-39(42)53-40)31-14-6-7-16-34(31)47-50-45(28-12-4-3-5-13-28)49-46(51-47)30-20-22-33-32-15-9-11-19-38(32)52-41(33)27-30/h3-27H,1-2H3. The summed E-state index contributed by atoms with van der Waals surface area (Å²) < 4.78 is 19.6. The van der Waals surface area contributed by atoms with Gasteiger partial charge in [-0.25, -0.2) is 15.0 Å². The molecule has 0 saturated heterocycles. The van der Waals surface area contributed by atoms with Crippen molar-refractivity contribution in [3.05, 3.63) is 163 Å². The molecule has 3 heterocycles. The summed E-state index contributed by atoms with van der Waals surface area (Å²) in [5, 5.41) is 2.13. The molecule has 0 N–H and O–H groups in total. The van der Waals surface area contributed by atoms with Crippen LogP contribution in [-0.2, 0) is 5.41 Å². The van der Waals surface area contributed by atoms with Crippen LogP contribution in [0.15, 0.2) is 156 Å². The molecule has 9 aromatic rings. The summed E-state index contributed by atoms with van der Waals surface area (Å²) in [7, 11) is 0. The van der Waals surface area contributed by atoms with Gasteiger partial charge in [-0.05, 0) is 64.2 Å². The largest absolute Gasteiger partial charge is 0.456 e. The van der Waals surface area contributed by atoms with Gasteiger partial charge in [-0.3, -0.25) is 0 Å². The van der Waals surface area contributed by atoms with Crippen LogP contribution in [0.2, 0.25) is 0 Å². The van der Waals surface area contributed by atoms with Gasteiger partial charge >= 0.3 is 0 Å². The smallest absolute Gasteiger partial charge is 0.178 e. The first-order chi connectivity index (χ1) is 26.5. The van der Waals surface area contributed by atoms with Crippen LogP contribution < -0.4 is 9.47 Å². The molecule has 2 aliphatic rings. The van der Waals surface area contributed by atoms with E-state index in [2.05, 4.69) is 86.6 Å². The van der Waals surface area contributed by atoms with E-state index in [4.69, 9.17) is 28.8 Å². The number of benzene rings is 7. The third-order valence-electron chi connectivity index (χ3n) is 10.8. The maximum absolute atomic E-state index is 6.81. The van der Waals surface area contributed by atoms with Gasteiger partial charge < -0.3 is 13.9 Å². The summed E-state index contributed by atoms with van der Waals surface area (Å²) in [5.74, 6) is 4.51. The van der Waals surface area contributed by atoms with E-state index in [1.807, 2.05) is 78.9 Å². The molecule has 2 aromatic heterocycles. The van der Waals surface area contributed by atoms with Crippen LogP contribution in [0, 0.1) is 0 Å². The minimum atomic E-state index is -0.148. The number of furan rings is 1. The van der Waals surface area contributed by atoms with Gasteiger partial charge in [0.15, 0.2) is 40.5 Å². The highest BCUT2D eigenvalue weighted by molar-refractivity contribution is 6.05. The van der Waals surface area contributed by atoms with Crippen LogP contribution in [0.5, 0.6) is 23.0 Å². The lowest BCUT2D eigenvalue weighted by atomic mass is 9.82. The molecule has 0 saturated carbocycles. The van der Waals surface area contributed by atoms with Crippen LogP contribution in [0.25, 0.3) is 78.4 Å². The number of para-hydroxylation sites is 1. The summed E-state index contributed by atoms with van der Waals surface area (Å²) in [4.78, 5) is 15.2. The topological polar surface area (TPSA) is 70.3 Å². The number of aromatic nitrogens is 3. The summed E-state index contributed by atoms with van der Waals surface area (Å²) in [6.07, 6.45) is 0. The van der Waals surface area contributed by atoms with Gasteiger partial charge in [0.05, 0.1) is 0 Å². The molecule has 0 spiro atoms. The highest BCUT2D eigenvalue weighted by atomic mass is 16.6. The van der Waals surface area contributed by atoms with Gasteiger partial charge in [0, 0.05) is 38.4 Å². The van der Waals surface area contributed by atoms with Crippen LogP contribution in [-0.4, -0.2) is 15.0 Å². The van der Waals surface area contributed by atoms with E-state index in [1.54, 1.807) is 0 Å². The average Bonchev–Trinajstić information content (AvgIpc) is 3.71. The monoisotopic (exact) mass is 697 g/mol. The van der Waals surface area contributed by atoms with Crippen molar-refractivity contribution in [2.45, 2.75) is 19.3 Å². The molecule has 0 fully saturated rings. The molecular weight excluding hydrogens is 667 g/mol. The Kier molecular flexibility index (Phi) is 6.49. The zero-order valence-electron chi connectivity index (χ0n) is 29.5. The first-order valence-electron chi connectivity index (χ1n) is 18.1. The van der Waals surface area contributed by atoms with E-state index in [1.165, 1.54) is 16.7 Å². The van der Waals surface area contributed by atoms with E-state index in [0.717, 1.165) is 61.1 Å². The molecule has 0 unspecified atom stereocenters. The average molecular weight is 698 g/mol. The van der Waals surface area contributed by atoms with Crippen LogP contribution in [0.4, 0.5) is 0 Å². The summed E-state index contributed by atoms with van der Waals surface area (Å²) in [5.41, 5.74) is 10.8. The minimum Gasteiger partial charge on any atom is -0.456 e. The van der Waals surface area contributed by atoms with Crippen molar-refractivity contribution in [2.24, 2.45) is 0 Å². The van der Waals surface area contributed by atoms with Gasteiger partial charge in [0.1, 0.15) is 11.2 Å². The summed E-state index contributed by atoms with van der Waals surface area (Å²) in [6.45, 7) is 4.54. The van der Waals surface area contributed by atoms with E-state index in [9.17, 15) is 0 Å². The normalized spacial score (nSPS) is 13.4. The Morgan fingerprint density at radius 2 is 1.09 bits per heavy atom. The number of fused-ring (bicyclic) bond motifs is 9. The van der Waals surface area contributed by atoms with Crippen LogP contribution in [0.1, 0.15) is 25.0 Å². The molecule has 7 aromatic carbocycles. The number of ether oxygens (including phenoxy) is 2. The Morgan fingerprint density at radius 3 is 1.96 bits per heavy atom. The zero-order chi connectivity index (χ0) is 36.0. The quantitative estimate of drug-likeness (QED) is 0.182. The molecule has 0 bridgehead atoms. The second-order valence-electron chi connectivity index (χ2n) is 14.4. The van der Waals surface area contributed by atoms with Gasteiger partial charge in [0.2, 0.25) is 0 Å². The van der Waals surface area contributed by atoms with Crippen LogP contribution >= 0.6 is 0 Å². The minimum absolute atomic E-state index is 0.148. The van der Waals surface area contributed by atoms with Crippen molar-refractivity contribution in [1.82, 2.24) is 15.0 Å². The maximum atomic E-state index is 6.81. The van der Waals surface area contributed by atoms with E-state index in [0.29, 0.717) is 34.7 Å². The zero-order valence-corrected chi connectivity index (χ0v) is 29.5. The Morgan fingerprint density at radius 1 is 0.426 bits per heavy atom. The van der Waals surface area contributed by atoms with Crippen molar-refractivity contribution in [1.29, 1.82) is 0 Å². The van der Waals surface area contributed by atoms with Crippen molar-refractivity contribution < 1.29 is 13.9 Å². The second-order valence-corrected chi connectivity index (χ2v) is 14.4. The SMILES string of the molecule is CC1(C)c2ccccc2-c2c1ccc1c2Oc2cc(-c3ccccc3-c3nc(-c4ccccc4)nc(-c4ccc5c(c4)oc4ccccc45)n3)ccc2O1. The highest BCUT2D eigenvalue weighted by Gasteiger charge is 2.39. The number of hydrogen-bond donors (Lipinski definition) is 0. The lowest BCUT2D eigenvalue weighted by molar-refractivity contribution is 0.360. The Bertz CT molecular complexity index is 2980. The third kappa shape index (κ3) is 4.63. The maximum Gasteiger partial charge on any atom is 0.178 e. The number of rotatable bonds is 4. The first kappa shape index (κ1) is 30.6. The van der Waals surface area contributed by atoms with E-state index < -0.39 is 0 Å². The molecule has 6 heteroatoms. The molecule has 0 atom stereocenters. The molecule has 11 rings (SSSR count). The Labute approximate surface area is 311 Å². The summed E-state index contributed by atoms with van der Waals surface area (Å²) in [6, 6.07) is 51.3. The third-order valence-corrected chi connectivity index (χ3v) is 10.8. The molecule has 6 nitrogen and oxygen atoms in total. The number of hydrogen-bond acceptors (Lipinski definition) is 6. The molecule has 1 aliphatic heterocycles. The highest BCUT2D eigenvalue weighted by Crippen LogP contribution is 2.58. The fraction of sp³-hybridized carbons (Fsp3) is 0.0625. The van der Waals surface area contributed by atoms with E-state index >= 15 is 0 Å². The lowest BCUT2D eigenvalue weighted by Gasteiger charge is -2.25.